The topological polar surface area (TPSA) is 80.8 Å². The Morgan fingerprint density at radius 1 is 1.38 bits per heavy atom. The van der Waals surface area contributed by atoms with Crippen molar-refractivity contribution in [3.8, 4) is 16.2 Å². The van der Waals surface area contributed by atoms with Crippen molar-refractivity contribution in [2.75, 3.05) is 14.2 Å². The smallest absolute Gasteiger partial charge is 0.231 e. The molecule has 3 rings (SSSR count). The number of pyridine rings is 1. The number of thiophene rings is 1. The molecular formula is C17H20N4O2S. The molecule has 1 aliphatic heterocycles. The first-order valence-corrected chi connectivity index (χ1v) is 8.38. The molecule has 0 saturated heterocycles. The highest BCUT2D eigenvalue weighted by molar-refractivity contribution is 7.15. The molecule has 3 heterocycles. The van der Waals surface area contributed by atoms with Crippen LogP contribution in [0.2, 0.25) is 0 Å². The fraction of sp³-hybridized carbons (Fsp3) is 0.353. The van der Waals surface area contributed by atoms with Crippen LogP contribution in [0.15, 0.2) is 29.5 Å². The van der Waals surface area contributed by atoms with Crippen molar-refractivity contribution in [1.82, 2.24) is 9.88 Å². The summed E-state index contributed by atoms with van der Waals surface area (Å²) < 4.78 is 5.25. The van der Waals surface area contributed by atoms with Gasteiger partial charge in [0.2, 0.25) is 5.91 Å². The molecule has 0 spiro atoms. The molecule has 1 atom stereocenters. The van der Waals surface area contributed by atoms with Crippen molar-refractivity contribution >= 4 is 23.2 Å². The van der Waals surface area contributed by atoms with Crippen molar-refractivity contribution in [2.45, 2.75) is 25.8 Å². The van der Waals surface area contributed by atoms with E-state index >= 15 is 0 Å². The molecule has 2 aromatic heterocycles. The molecule has 0 bridgehead atoms. The highest BCUT2D eigenvalue weighted by atomic mass is 32.1. The third kappa shape index (κ3) is 2.75. The van der Waals surface area contributed by atoms with Gasteiger partial charge in [-0.1, -0.05) is 0 Å². The van der Waals surface area contributed by atoms with Crippen LogP contribution in [0.1, 0.15) is 23.8 Å². The maximum atomic E-state index is 12.2. The fourth-order valence-corrected chi connectivity index (χ4v) is 3.98. The van der Waals surface area contributed by atoms with Crippen LogP contribution in [0.25, 0.3) is 10.4 Å². The summed E-state index contributed by atoms with van der Waals surface area (Å²) in [6.45, 7) is 3.99. The van der Waals surface area contributed by atoms with E-state index in [2.05, 4.69) is 16.0 Å². The minimum Gasteiger partial charge on any atom is -0.495 e. The second-order valence-electron chi connectivity index (χ2n) is 6.11. The van der Waals surface area contributed by atoms with Crippen LogP contribution >= 0.6 is 11.3 Å². The van der Waals surface area contributed by atoms with E-state index in [1.165, 1.54) is 4.90 Å². The average Bonchev–Trinajstić information content (AvgIpc) is 2.95. The number of amides is 1. The zero-order valence-electron chi connectivity index (χ0n) is 14.2. The van der Waals surface area contributed by atoms with Gasteiger partial charge >= 0.3 is 0 Å². The number of aryl methyl sites for hydroxylation is 1. The fourth-order valence-electron chi connectivity index (χ4n) is 2.74. The van der Waals surface area contributed by atoms with Crippen LogP contribution in [-0.4, -0.2) is 35.9 Å². The summed E-state index contributed by atoms with van der Waals surface area (Å²) in [6, 6.07) is 4.03. The predicted octanol–water partition coefficient (Wildman–Crippen LogP) is 2.52. The van der Waals surface area contributed by atoms with E-state index < -0.39 is 5.54 Å². The molecule has 6 nitrogen and oxygen atoms in total. The Morgan fingerprint density at radius 2 is 2.12 bits per heavy atom. The summed E-state index contributed by atoms with van der Waals surface area (Å²) in [4.78, 5) is 24.5. The molecule has 2 N–H and O–H groups in total. The number of nitrogens with zero attached hydrogens (tertiary/aromatic N) is 3. The van der Waals surface area contributed by atoms with Gasteiger partial charge in [-0.25, -0.2) is 4.99 Å². The van der Waals surface area contributed by atoms with Gasteiger partial charge in [0.1, 0.15) is 11.3 Å². The summed E-state index contributed by atoms with van der Waals surface area (Å²) >= 11 is 1.61. The highest BCUT2D eigenvalue weighted by Gasteiger charge is 2.37. The first-order chi connectivity index (χ1) is 11.3. The van der Waals surface area contributed by atoms with Crippen LogP contribution in [0.5, 0.6) is 5.75 Å². The molecule has 0 aliphatic carbocycles. The van der Waals surface area contributed by atoms with Crippen molar-refractivity contribution in [3.63, 3.8) is 0 Å². The minimum atomic E-state index is -0.631. The molecule has 0 fully saturated rings. The number of carbonyl (C=O) groups is 1. The minimum absolute atomic E-state index is 0.0272. The summed E-state index contributed by atoms with van der Waals surface area (Å²) in [5.74, 6) is 0.940. The zero-order valence-corrected chi connectivity index (χ0v) is 15.0. The summed E-state index contributed by atoms with van der Waals surface area (Å²) in [5, 5.41) is 0. The van der Waals surface area contributed by atoms with E-state index in [0.29, 0.717) is 12.2 Å². The molecule has 126 valence electrons. The van der Waals surface area contributed by atoms with Gasteiger partial charge in [0.05, 0.1) is 19.7 Å². The van der Waals surface area contributed by atoms with E-state index in [4.69, 9.17) is 10.5 Å². The number of hydrogen-bond donors (Lipinski definition) is 1. The van der Waals surface area contributed by atoms with Crippen molar-refractivity contribution in [2.24, 2.45) is 10.7 Å². The second-order valence-corrected chi connectivity index (χ2v) is 7.16. The van der Waals surface area contributed by atoms with Gasteiger partial charge in [0, 0.05) is 28.6 Å². The second kappa shape index (κ2) is 5.90. The molecule has 2 aromatic rings. The molecular weight excluding hydrogens is 324 g/mol. The first-order valence-electron chi connectivity index (χ1n) is 7.56. The molecule has 0 saturated carbocycles. The van der Waals surface area contributed by atoms with Crippen molar-refractivity contribution < 1.29 is 9.53 Å². The van der Waals surface area contributed by atoms with Crippen LogP contribution < -0.4 is 10.5 Å². The Hall–Kier alpha value is -2.41. The maximum Gasteiger partial charge on any atom is 0.231 e. The maximum absolute atomic E-state index is 12.2. The summed E-state index contributed by atoms with van der Waals surface area (Å²) in [5.41, 5.74) is 7.38. The van der Waals surface area contributed by atoms with Crippen LogP contribution in [0.4, 0.5) is 0 Å². The Kier molecular flexibility index (Phi) is 4.04. The SMILES string of the molecule is COc1cncc(-c2sc([C@]3(C)CC(=O)N(C)C(N)=N3)cc2C)c1. The van der Waals surface area contributed by atoms with Gasteiger partial charge in [-0.15, -0.1) is 11.3 Å². The largest absolute Gasteiger partial charge is 0.495 e. The Balaban J connectivity index is 2.04. The first kappa shape index (κ1) is 16.4. The zero-order chi connectivity index (χ0) is 17.5. The number of carbonyl (C=O) groups excluding carboxylic acids is 1. The lowest BCUT2D eigenvalue weighted by molar-refractivity contribution is -0.128. The van der Waals surface area contributed by atoms with E-state index in [-0.39, 0.29) is 11.9 Å². The van der Waals surface area contributed by atoms with Crippen molar-refractivity contribution in [3.05, 3.63) is 35.0 Å². The van der Waals surface area contributed by atoms with E-state index in [1.807, 2.05) is 26.1 Å². The number of nitrogens with two attached hydrogens (primary N) is 1. The number of aliphatic imine (C=N–C) groups is 1. The number of ether oxygens (including phenoxy) is 1. The van der Waals surface area contributed by atoms with Gasteiger partial charge in [0.15, 0.2) is 5.96 Å². The molecule has 24 heavy (non-hydrogen) atoms. The van der Waals surface area contributed by atoms with Crippen LogP contribution in [0.3, 0.4) is 0 Å². The van der Waals surface area contributed by atoms with Gasteiger partial charge in [-0.2, -0.15) is 0 Å². The number of aromatic nitrogens is 1. The molecule has 0 aromatic carbocycles. The lowest BCUT2D eigenvalue weighted by Gasteiger charge is -2.32. The Morgan fingerprint density at radius 3 is 2.79 bits per heavy atom. The van der Waals surface area contributed by atoms with E-state index in [9.17, 15) is 4.79 Å². The Labute approximate surface area is 145 Å². The van der Waals surface area contributed by atoms with Crippen LogP contribution in [0, 0.1) is 6.92 Å². The van der Waals surface area contributed by atoms with Crippen molar-refractivity contribution in [1.29, 1.82) is 0 Å². The van der Waals surface area contributed by atoms with Gasteiger partial charge in [-0.3, -0.25) is 14.7 Å². The van der Waals surface area contributed by atoms with Gasteiger partial charge in [0.25, 0.3) is 0 Å². The molecule has 7 heteroatoms. The van der Waals surface area contributed by atoms with Gasteiger partial charge in [-0.05, 0) is 31.5 Å². The quantitative estimate of drug-likeness (QED) is 0.928. The molecule has 1 aliphatic rings. The number of rotatable bonds is 3. The molecule has 0 unspecified atom stereocenters. The average molecular weight is 344 g/mol. The number of hydrogen-bond acceptors (Lipinski definition) is 6. The predicted molar refractivity (Wildman–Crippen MR) is 95.2 cm³/mol. The standard InChI is InChI=1S/C17H20N4O2S/c1-10-5-13(17(2)7-14(22)21(3)16(18)20-17)24-15(10)11-6-12(23-4)9-19-8-11/h5-6,8-9H,7H2,1-4H3,(H2,18,20)/t17-/m0/s1. The number of guanidine groups is 1. The Bertz CT molecular complexity index is 830. The lowest BCUT2D eigenvalue weighted by atomic mass is 9.93. The van der Waals surface area contributed by atoms with E-state index in [1.54, 1.807) is 31.7 Å². The van der Waals surface area contributed by atoms with Gasteiger partial charge < -0.3 is 10.5 Å². The molecule has 0 radical (unpaired) electrons. The van der Waals surface area contributed by atoms with Crippen LogP contribution in [-0.2, 0) is 10.3 Å². The summed E-state index contributed by atoms with van der Waals surface area (Å²) in [7, 11) is 3.27. The van der Waals surface area contributed by atoms with E-state index in [0.717, 1.165) is 20.9 Å². The third-order valence-electron chi connectivity index (χ3n) is 4.23. The highest BCUT2D eigenvalue weighted by Crippen LogP contribution is 2.42. The molecule has 1 amide bonds. The monoisotopic (exact) mass is 344 g/mol. The lowest BCUT2D eigenvalue weighted by Crippen LogP contribution is -2.47. The summed E-state index contributed by atoms with van der Waals surface area (Å²) in [6.07, 6.45) is 3.79. The normalized spacial score (nSPS) is 20.9. The third-order valence-corrected chi connectivity index (χ3v) is 5.77. The number of methoxy groups -OCH3 is 1.